The number of halogens is 2. The van der Waals surface area contributed by atoms with Crippen molar-refractivity contribution < 1.29 is 19.1 Å². The molecule has 0 spiro atoms. The Kier molecular flexibility index (Phi) is 5.14. The van der Waals surface area contributed by atoms with Crippen molar-refractivity contribution in [2.75, 3.05) is 7.11 Å². The zero-order chi connectivity index (χ0) is 13.0. The SMILES string of the molecule is COC(=O)c1cc(Br)cc(OC(C)=O)c1CBr. The zero-order valence-corrected chi connectivity index (χ0v) is 12.4. The molecule has 1 aromatic carbocycles. The number of rotatable bonds is 3. The summed E-state index contributed by atoms with van der Waals surface area (Å²) in [4.78, 5) is 22.6. The van der Waals surface area contributed by atoms with Gasteiger partial charge in [0, 0.05) is 22.3 Å². The summed E-state index contributed by atoms with van der Waals surface area (Å²) in [7, 11) is 1.30. The zero-order valence-electron chi connectivity index (χ0n) is 9.25. The van der Waals surface area contributed by atoms with Crippen molar-refractivity contribution in [1.29, 1.82) is 0 Å². The van der Waals surface area contributed by atoms with Crippen molar-refractivity contribution in [2.45, 2.75) is 12.3 Å². The van der Waals surface area contributed by atoms with Crippen molar-refractivity contribution in [3.8, 4) is 5.75 Å². The van der Waals surface area contributed by atoms with Crippen LogP contribution in [0.4, 0.5) is 0 Å². The first kappa shape index (κ1) is 14.2. The molecule has 0 atom stereocenters. The van der Waals surface area contributed by atoms with Gasteiger partial charge in [0.25, 0.3) is 0 Å². The van der Waals surface area contributed by atoms with Crippen molar-refractivity contribution in [2.24, 2.45) is 0 Å². The molecule has 92 valence electrons. The maximum absolute atomic E-state index is 11.6. The molecule has 0 aliphatic carbocycles. The summed E-state index contributed by atoms with van der Waals surface area (Å²) in [6.45, 7) is 1.30. The standard InChI is InChI=1S/C11H10Br2O4/c1-6(14)17-10-4-7(13)3-8(9(10)5-12)11(15)16-2/h3-4H,5H2,1-2H3. The van der Waals surface area contributed by atoms with Crippen LogP contribution in [0.25, 0.3) is 0 Å². The molecule has 0 saturated carbocycles. The Morgan fingerprint density at radius 2 is 2.00 bits per heavy atom. The molecular formula is C11H10Br2O4. The van der Waals surface area contributed by atoms with E-state index in [0.717, 1.165) is 0 Å². The van der Waals surface area contributed by atoms with E-state index in [1.807, 2.05) is 0 Å². The minimum absolute atomic E-state index is 0.337. The molecule has 1 aromatic rings. The van der Waals surface area contributed by atoms with E-state index in [2.05, 4.69) is 36.6 Å². The van der Waals surface area contributed by atoms with E-state index in [1.54, 1.807) is 12.1 Å². The van der Waals surface area contributed by atoms with Crippen LogP contribution < -0.4 is 4.74 Å². The summed E-state index contributed by atoms with van der Waals surface area (Å²) in [6, 6.07) is 3.25. The van der Waals surface area contributed by atoms with Crippen LogP contribution in [0.15, 0.2) is 16.6 Å². The largest absolute Gasteiger partial charge is 0.465 e. The van der Waals surface area contributed by atoms with Crippen molar-refractivity contribution in [1.82, 2.24) is 0 Å². The van der Waals surface area contributed by atoms with Gasteiger partial charge in [-0.1, -0.05) is 31.9 Å². The molecule has 17 heavy (non-hydrogen) atoms. The molecule has 4 nitrogen and oxygen atoms in total. The van der Waals surface area contributed by atoms with Crippen LogP contribution in [0.1, 0.15) is 22.8 Å². The highest BCUT2D eigenvalue weighted by molar-refractivity contribution is 9.10. The van der Waals surface area contributed by atoms with Gasteiger partial charge in [-0.25, -0.2) is 4.79 Å². The van der Waals surface area contributed by atoms with Gasteiger partial charge in [0.1, 0.15) is 5.75 Å². The topological polar surface area (TPSA) is 52.6 Å². The first-order valence-corrected chi connectivity index (χ1v) is 6.56. The molecule has 0 bridgehead atoms. The van der Waals surface area contributed by atoms with Gasteiger partial charge < -0.3 is 9.47 Å². The number of hydrogen-bond acceptors (Lipinski definition) is 4. The van der Waals surface area contributed by atoms with Crippen LogP contribution in [0, 0.1) is 0 Å². The number of hydrogen-bond donors (Lipinski definition) is 0. The average molecular weight is 366 g/mol. The first-order valence-electron chi connectivity index (χ1n) is 4.64. The van der Waals surface area contributed by atoms with Crippen LogP contribution in [-0.4, -0.2) is 19.0 Å². The van der Waals surface area contributed by atoms with E-state index >= 15 is 0 Å². The highest BCUT2D eigenvalue weighted by Crippen LogP contribution is 2.30. The molecule has 0 aliphatic rings. The average Bonchev–Trinajstić information content (AvgIpc) is 2.26. The van der Waals surface area contributed by atoms with E-state index in [0.29, 0.717) is 26.7 Å². The second kappa shape index (κ2) is 6.16. The fraction of sp³-hybridized carbons (Fsp3) is 0.273. The second-order valence-corrected chi connectivity index (χ2v) is 4.63. The van der Waals surface area contributed by atoms with Crippen LogP contribution in [0.2, 0.25) is 0 Å². The highest BCUT2D eigenvalue weighted by atomic mass is 79.9. The minimum atomic E-state index is -0.478. The predicted molar refractivity (Wildman–Crippen MR) is 69.4 cm³/mol. The van der Waals surface area contributed by atoms with Gasteiger partial charge >= 0.3 is 11.9 Å². The van der Waals surface area contributed by atoms with E-state index in [9.17, 15) is 9.59 Å². The Morgan fingerprint density at radius 1 is 1.35 bits per heavy atom. The number of carbonyl (C=O) groups is 2. The van der Waals surface area contributed by atoms with Gasteiger partial charge in [0.15, 0.2) is 0 Å². The van der Waals surface area contributed by atoms with Gasteiger partial charge in [0.05, 0.1) is 12.7 Å². The van der Waals surface area contributed by atoms with Crippen LogP contribution in [0.5, 0.6) is 5.75 Å². The molecule has 0 radical (unpaired) electrons. The molecule has 0 fully saturated rings. The quantitative estimate of drug-likeness (QED) is 0.469. The number of carbonyl (C=O) groups excluding carboxylic acids is 2. The normalized spacial score (nSPS) is 9.88. The third kappa shape index (κ3) is 3.54. The molecule has 0 unspecified atom stereocenters. The minimum Gasteiger partial charge on any atom is -0.465 e. The van der Waals surface area contributed by atoms with E-state index < -0.39 is 11.9 Å². The summed E-state index contributed by atoms with van der Waals surface area (Å²) < 4.78 is 10.4. The molecule has 0 heterocycles. The summed E-state index contributed by atoms with van der Waals surface area (Å²) in [5.74, 6) is -0.584. The fourth-order valence-corrected chi connectivity index (χ4v) is 2.30. The molecule has 1 rings (SSSR count). The maximum Gasteiger partial charge on any atom is 0.338 e. The fourth-order valence-electron chi connectivity index (χ4n) is 1.29. The number of ether oxygens (including phenoxy) is 2. The van der Waals surface area contributed by atoms with Crippen molar-refractivity contribution in [3.63, 3.8) is 0 Å². The third-order valence-corrected chi connectivity index (χ3v) is 2.98. The second-order valence-electron chi connectivity index (χ2n) is 3.15. The lowest BCUT2D eigenvalue weighted by atomic mass is 10.1. The van der Waals surface area contributed by atoms with Crippen molar-refractivity contribution in [3.05, 3.63) is 27.7 Å². The molecule has 0 amide bonds. The Hall–Kier alpha value is -0.880. The molecular weight excluding hydrogens is 356 g/mol. The molecule has 0 N–H and O–H groups in total. The number of esters is 2. The lowest BCUT2D eigenvalue weighted by Crippen LogP contribution is -2.09. The van der Waals surface area contributed by atoms with Crippen LogP contribution in [0.3, 0.4) is 0 Å². The van der Waals surface area contributed by atoms with Gasteiger partial charge in [-0.05, 0) is 12.1 Å². The smallest absolute Gasteiger partial charge is 0.338 e. The summed E-state index contributed by atoms with van der Waals surface area (Å²) in [5, 5.41) is 0.382. The Labute approximate surface area is 116 Å². The molecule has 0 aromatic heterocycles. The van der Waals surface area contributed by atoms with Crippen LogP contribution >= 0.6 is 31.9 Å². The molecule has 0 aliphatic heterocycles. The Bertz CT molecular complexity index is 457. The molecule has 6 heteroatoms. The van der Waals surface area contributed by atoms with Gasteiger partial charge in [-0.15, -0.1) is 0 Å². The maximum atomic E-state index is 11.6. The van der Waals surface area contributed by atoms with E-state index in [1.165, 1.54) is 14.0 Å². The summed E-state index contributed by atoms with van der Waals surface area (Å²) in [5.41, 5.74) is 0.935. The number of benzene rings is 1. The highest BCUT2D eigenvalue weighted by Gasteiger charge is 2.18. The lowest BCUT2D eigenvalue weighted by Gasteiger charge is -2.11. The predicted octanol–water partition coefficient (Wildman–Crippen LogP) is 3.06. The van der Waals surface area contributed by atoms with Crippen LogP contribution in [-0.2, 0) is 14.9 Å². The number of methoxy groups -OCH3 is 1. The first-order chi connectivity index (χ1) is 7.99. The molecule has 0 saturated heterocycles. The monoisotopic (exact) mass is 364 g/mol. The summed E-state index contributed by atoms with van der Waals surface area (Å²) >= 11 is 6.51. The Morgan fingerprint density at radius 3 is 2.47 bits per heavy atom. The van der Waals surface area contributed by atoms with E-state index in [-0.39, 0.29) is 0 Å². The summed E-state index contributed by atoms with van der Waals surface area (Å²) in [6.07, 6.45) is 0. The lowest BCUT2D eigenvalue weighted by molar-refractivity contribution is -0.131. The third-order valence-electron chi connectivity index (χ3n) is 1.97. The Balaban J connectivity index is 3.34. The number of alkyl halides is 1. The van der Waals surface area contributed by atoms with Gasteiger partial charge in [0.2, 0.25) is 0 Å². The van der Waals surface area contributed by atoms with Gasteiger partial charge in [-0.3, -0.25) is 4.79 Å². The van der Waals surface area contributed by atoms with E-state index in [4.69, 9.17) is 4.74 Å². The van der Waals surface area contributed by atoms with Gasteiger partial charge in [-0.2, -0.15) is 0 Å². The van der Waals surface area contributed by atoms with Crippen molar-refractivity contribution >= 4 is 43.8 Å².